The van der Waals surface area contributed by atoms with Crippen molar-refractivity contribution in [2.75, 3.05) is 5.32 Å². The van der Waals surface area contributed by atoms with Gasteiger partial charge in [-0.3, -0.25) is 10.1 Å². The van der Waals surface area contributed by atoms with Crippen LogP contribution < -0.4 is 10.6 Å². The van der Waals surface area contributed by atoms with Crippen LogP contribution in [0.25, 0.3) is 0 Å². The van der Waals surface area contributed by atoms with Gasteiger partial charge in [-0.1, -0.05) is 0 Å². The van der Waals surface area contributed by atoms with Crippen LogP contribution in [0.15, 0.2) is 12.1 Å². The number of hydrogen-bond acceptors (Lipinski definition) is 3. The normalized spacial score (nSPS) is 11.0. The number of nitro benzene ring substituents is 1. The molecule has 0 bridgehead atoms. The number of aryl methyl sites for hydroxylation is 2. The van der Waals surface area contributed by atoms with Crippen LogP contribution in [-0.2, 0) is 0 Å². The average molecular weight is 265 g/mol. The number of nitrogens with zero attached hydrogens (tertiary/aromatic N) is 1. The van der Waals surface area contributed by atoms with Crippen molar-refractivity contribution in [1.82, 2.24) is 5.32 Å². The molecule has 0 saturated carbocycles. The Morgan fingerprint density at radius 3 is 2.26 bits per heavy atom. The molecule has 0 spiro atoms. The molecule has 2 amide bonds. The van der Waals surface area contributed by atoms with Crippen molar-refractivity contribution in [2.24, 2.45) is 0 Å². The largest absolute Gasteiger partial charge is 0.333 e. The fourth-order valence-corrected chi connectivity index (χ4v) is 1.63. The van der Waals surface area contributed by atoms with Crippen LogP contribution in [0.2, 0.25) is 0 Å². The monoisotopic (exact) mass is 265 g/mol. The van der Waals surface area contributed by atoms with E-state index in [1.807, 2.05) is 20.8 Å². The van der Waals surface area contributed by atoms with Gasteiger partial charge in [-0.15, -0.1) is 0 Å². The molecule has 1 rings (SSSR count). The fourth-order valence-electron chi connectivity index (χ4n) is 1.63. The Kier molecular flexibility index (Phi) is 4.14. The molecule has 0 radical (unpaired) electrons. The number of benzene rings is 1. The van der Waals surface area contributed by atoms with E-state index in [0.717, 1.165) is 0 Å². The summed E-state index contributed by atoms with van der Waals surface area (Å²) in [5.41, 5.74) is 1.46. The Bertz CT molecular complexity index is 519. The molecule has 0 fully saturated rings. The van der Waals surface area contributed by atoms with Gasteiger partial charge in [0.25, 0.3) is 5.69 Å². The van der Waals surface area contributed by atoms with Crippen molar-refractivity contribution in [3.05, 3.63) is 33.4 Å². The Labute approximate surface area is 112 Å². The Hall–Kier alpha value is -2.11. The summed E-state index contributed by atoms with van der Waals surface area (Å²) >= 11 is 0. The zero-order valence-corrected chi connectivity index (χ0v) is 11.8. The maximum Gasteiger partial charge on any atom is 0.319 e. The summed E-state index contributed by atoms with van der Waals surface area (Å²) in [7, 11) is 0. The third kappa shape index (κ3) is 4.24. The van der Waals surface area contributed by atoms with Gasteiger partial charge in [-0.25, -0.2) is 4.79 Å². The van der Waals surface area contributed by atoms with E-state index in [1.54, 1.807) is 19.9 Å². The number of nitro groups is 1. The van der Waals surface area contributed by atoms with Crippen LogP contribution in [0, 0.1) is 24.0 Å². The number of hydrogen-bond donors (Lipinski definition) is 2. The number of nitrogens with one attached hydrogen (secondary N) is 2. The topological polar surface area (TPSA) is 84.3 Å². The molecule has 1 aromatic carbocycles. The number of amides is 2. The first-order valence-corrected chi connectivity index (χ1v) is 5.95. The summed E-state index contributed by atoms with van der Waals surface area (Å²) in [4.78, 5) is 22.1. The highest BCUT2D eigenvalue weighted by Crippen LogP contribution is 2.25. The molecular formula is C13H19N3O3. The van der Waals surface area contributed by atoms with Gasteiger partial charge in [0.1, 0.15) is 0 Å². The van der Waals surface area contributed by atoms with Gasteiger partial charge < -0.3 is 10.6 Å². The smallest absolute Gasteiger partial charge is 0.319 e. The van der Waals surface area contributed by atoms with E-state index in [1.165, 1.54) is 6.07 Å². The third-order valence-electron chi connectivity index (χ3n) is 2.48. The number of rotatable bonds is 2. The molecule has 0 aliphatic heterocycles. The lowest BCUT2D eigenvalue weighted by Gasteiger charge is -2.21. The molecule has 0 atom stereocenters. The molecule has 2 N–H and O–H groups in total. The number of anilines is 1. The van der Waals surface area contributed by atoms with Gasteiger partial charge in [0.2, 0.25) is 0 Å². The second kappa shape index (κ2) is 5.26. The van der Waals surface area contributed by atoms with Crippen LogP contribution in [0.3, 0.4) is 0 Å². The van der Waals surface area contributed by atoms with Crippen molar-refractivity contribution >= 4 is 17.4 Å². The van der Waals surface area contributed by atoms with E-state index < -0.39 is 4.92 Å². The third-order valence-corrected chi connectivity index (χ3v) is 2.48. The maximum atomic E-state index is 11.8. The second-order valence-corrected chi connectivity index (χ2v) is 5.54. The molecule has 19 heavy (non-hydrogen) atoms. The van der Waals surface area contributed by atoms with Gasteiger partial charge in [-0.05, 0) is 46.2 Å². The molecule has 6 heteroatoms. The summed E-state index contributed by atoms with van der Waals surface area (Å²) in [5, 5.41) is 16.3. The molecule has 6 nitrogen and oxygen atoms in total. The van der Waals surface area contributed by atoms with Crippen LogP contribution in [0.4, 0.5) is 16.2 Å². The highest BCUT2D eigenvalue weighted by atomic mass is 16.6. The summed E-state index contributed by atoms with van der Waals surface area (Å²) in [6, 6.07) is 2.74. The highest BCUT2D eigenvalue weighted by molar-refractivity contribution is 5.90. The summed E-state index contributed by atoms with van der Waals surface area (Å²) in [5.74, 6) is 0. The van der Waals surface area contributed by atoms with Gasteiger partial charge in [0.15, 0.2) is 0 Å². The molecule has 0 aliphatic rings. The molecule has 104 valence electrons. The molecular weight excluding hydrogens is 246 g/mol. The van der Waals surface area contributed by atoms with Gasteiger partial charge in [0.05, 0.1) is 4.92 Å². The number of carbonyl (C=O) groups is 1. The second-order valence-electron chi connectivity index (χ2n) is 5.54. The molecule has 0 aliphatic carbocycles. The summed E-state index contributed by atoms with van der Waals surface area (Å²) in [6.45, 7) is 8.99. The van der Waals surface area contributed by atoms with E-state index in [2.05, 4.69) is 10.6 Å². The zero-order chi connectivity index (χ0) is 14.8. The van der Waals surface area contributed by atoms with Crippen LogP contribution in [0.1, 0.15) is 31.9 Å². The quantitative estimate of drug-likeness (QED) is 0.636. The highest BCUT2D eigenvalue weighted by Gasteiger charge is 2.17. The van der Waals surface area contributed by atoms with Crippen LogP contribution in [0.5, 0.6) is 0 Å². The molecule has 0 unspecified atom stereocenters. The summed E-state index contributed by atoms with van der Waals surface area (Å²) in [6.07, 6.45) is 0. The molecule has 0 saturated heterocycles. The van der Waals surface area contributed by atoms with Crippen molar-refractivity contribution in [3.63, 3.8) is 0 Å². The van der Waals surface area contributed by atoms with E-state index >= 15 is 0 Å². The van der Waals surface area contributed by atoms with E-state index in [9.17, 15) is 14.9 Å². The lowest BCUT2D eigenvalue weighted by Crippen LogP contribution is -2.43. The van der Waals surface area contributed by atoms with Crippen LogP contribution in [-0.4, -0.2) is 16.5 Å². The van der Waals surface area contributed by atoms with Gasteiger partial charge in [-0.2, -0.15) is 0 Å². The van der Waals surface area contributed by atoms with Crippen molar-refractivity contribution in [2.45, 2.75) is 40.2 Å². The number of urea groups is 1. The van der Waals surface area contributed by atoms with Crippen molar-refractivity contribution < 1.29 is 9.72 Å². The molecule has 1 aromatic rings. The minimum absolute atomic E-state index is 0.0549. The SMILES string of the molecule is Cc1cc([N+](=O)[O-])c(C)cc1NC(=O)NC(C)(C)C. The Balaban J connectivity index is 2.95. The van der Waals surface area contributed by atoms with Gasteiger partial charge >= 0.3 is 6.03 Å². The predicted molar refractivity (Wildman–Crippen MR) is 74.5 cm³/mol. The molecule has 0 heterocycles. The maximum absolute atomic E-state index is 11.8. The minimum Gasteiger partial charge on any atom is -0.333 e. The Morgan fingerprint density at radius 2 is 1.79 bits per heavy atom. The first kappa shape index (κ1) is 14.9. The summed E-state index contributed by atoms with van der Waals surface area (Å²) < 4.78 is 0. The number of carbonyl (C=O) groups excluding carboxylic acids is 1. The van der Waals surface area contributed by atoms with Gasteiger partial charge in [0, 0.05) is 22.9 Å². The fraction of sp³-hybridized carbons (Fsp3) is 0.462. The van der Waals surface area contributed by atoms with E-state index in [0.29, 0.717) is 16.8 Å². The average Bonchev–Trinajstić information content (AvgIpc) is 2.19. The van der Waals surface area contributed by atoms with Crippen molar-refractivity contribution in [1.29, 1.82) is 0 Å². The zero-order valence-electron chi connectivity index (χ0n) is 11.8. The minimum atomic E-state index is -0.429. The first-order valence-electron chi connectivity index (χ1n) is 5.95. The van der Waals surface area contributed by atoms with E-state index in [-0.39, 0.29) is 17.3 Å². The van der Waals surface area contributed by atoms with Crippen molar-refractivity contribution in [3.8, 4) is 0 Å². The Morgan fingerprint density at radius 1 is 1.21 bits per heavy atom. The van der Waals surface area contributed by atoms with Crippen LogP contribution >= 0.6 is 0 Å². The van der Waals surface area contributed by atoms with E-state index in [4.69, 9.17) is 0 Å². The predicted octanol–water partition coefficient (Wildman–Crippen LogP) is 3.13. The standard InChI is InChI=1S/C13H19N3O3/c1-8-7-11(16(18)19)9(2)6-10(8)14-12(17)15-13(3,4)5/h6-7H,1-5H3,(H2,14,15,17). The lowest BCUT2D eigenvalue weighted by molar-refractivity contribution is -0.385. The lowest BCUT2D eigenvalue weighted by atomic mass is 10.1. The first-order chi connectivity index (χ1) is 8.60. The molecule has 0 aromatic heterocycles.